The number of pyridine rings is 1. The van der Waals surface area contributed by atoms with Crippen molar-refractivity contribution in [2.75, 3.05) is 6.61 Å². The Morgan fingerprint density at radius 3 is 2.68 bits per heavy atom. The van der Waals surface area contributed by atoms with Crippen molar-refractivity contribution < 1.29 is 9.53 Å². The third-order valence-electron chi connectivity index (χ3n) is 3.41. The molecule has 0 unspecified atom stereocenters. The number of carbonyl (C=O) groups excluding carboxylic acids is 1. The lowest BCUT2D eigenvalue weighted by atomic mass is 10.0. The zero-order valence-corrected chi connectivity index (χ0v) is 12.8. The number of hydrogen-bond donors (Lipinski definition) is 0. The van der Waals surface area contributed by atoms with Crippen LogP contribution in [0.3, 0.4) is 0 Å². The maximum absolute atomic E-state index is 11.9. The second-order valence-corrected chi connectivity index (χ2v) is 5.20. The van der Waals surface area contributed by atoms with E-state index in [-0.39, 0.29) is 0 Å². The average molecular weight is 312 g/mol. The molecule has 3 nitrogen and oxygen atoms in total. The monoisotopic (exact) mass is 311 g/mol. The third-order valence-corrected chi connectivity index (χ3v) is 3.72. The number of ether oxygens (including phenoxy) is 1. The molecular formula is C18H14ClNO2. The van der Waals surface area contributed by atoms with Crippen molar-refractivity contribution in [3.05, 3.63) is 65.3 Å². The Balaban J connectivity index is 2.19. The predicted octanol–water partition coefficient (Wildman–Crippen LogP) is 4.73. The molecule has 0 radical (unpaired) electrons. The fourth-order valence-corrected chi connectivity index (χ4v) is 2.64. The number of benzene rings is 2. The van der Waals surface area contributed by atoms with Crippen LogP contribution in [0.1, 0.15) is 17.3 Å². The Morgan fingerprint density at radius 1 is 1.18 bits per heavy atom. The largest absolute Gasteiger partial charge is 0.462 e. The van der Waals surface area contributed by atoms with E-state index in [9.17, 15) is 4.79 Å². The third kappa shape index (κ3) is 2.68. The Labute approximate surface area is 133 Å². The van der Waals surface area contributed by atoms with E-state index >= 15 is 0 Å². The topological polar surface area (TPSA) is 39.2 Å². The molecule has 1 heterocycles. The summed E-state index contributed by atoms with van der Waals surface area (Å²) in [5, 5.41) is 1.28. The van der Waals surface area contributed by atoms with Crippen LogP contribution in [0.4, 0.5) is 0 Å². The molecule has 0 atom stereocenters. The van der Waals surface area contributed by atoms with Gasteiger partial charge >= 0.3 is 5.97 Å². The Hall–Kier alpha value is -2.39. The van der Waals surface area contributed by atoms with E-state index in [1.807, 2.05) is 36.4 Å². The first-order valence-corrected chi connectivity index (χ1v) is 7.39. The van der Waals surface area contributed by atoms with E-state index in [0.717, 1.165) is 16.5 Å². The van der Waals surface area contributed by atoms with Crippen molar-refractivity contribution in [1.29, 1.82) is 0 Å². The molecule has 0 spiro atoms. The molecule has 0 aliphatic heterocycles. The molecule has 0 saturated carbocycles. The smallest absolute Gasteiger partial charge is 0.339 e. The lowest BCUT2D eigenvalue weighted by molar-refractivity contribution is 0.0526. The van der Waals surface area contributed by atoms with Crippen LogP contribution in [-0.4, -0.2) is 17.6 Å². The van der Waals surface area contributed by atoms with Crippen molar-refractivity contribution in [2.24, 2.45) is 0 Å². The van der Waals surface area contributed by atoms with Crippen LogP contribution in [0.5, 0.6) is 0 Å². The number of aromatic nitrogens is 1. The number of fused-ring (bicyclic) bond motifs is 1. The molecule has 4 heteroatoms. The van der Waals surface area contributed by atoms with Crippen molar-refractivity contribution in [1.82, 2.24) is 4.98 Å². The van der Waals surface area contributed by atoms with Gasteiger partial charge in [0.25, 0.3) is 0 Å². The van der Waals surface area contributed by atoms with Crippen LogP contribution in [0, 0.1) is 0 Å². The van der Waals surface area contributed by atoms with E-state index in [0.29, 0.717) is 22.7 Å². The van der Waals surface area contributed by atoms with Gasteiger partial charge in [-0.1, -0.05) is 41.9 Å². The maximum Gasteiger partial charge on any atom is 0.339 e. The summed E-state index contributed by atoms with van der Waals surface area (Å²) in [5.41, 5.74) is 3.17. The molecule has 2 aromatic carbocycles. The highest BCUT2D eigenvalue weighted by Crippen LogP contribution is 2.31. The minimum Gasteiger partial charge on any atom is -0.462 e. The predicted molar refractivity (Wildman–Crippen MR) is 88.1 cm³/mol. The highest BCUT2D eigenvalue weighted by molar-refractivity contribution is 6.34. The summed E-state index contributed by atoms with van der Waals surface area (Å²) in [5.74, 6) is -0.429. The molecule has 22 heavy (non-hydrogen) atoms. The van der Waals surface area contributed by atoms with Gasteiger partial charge in [0.15, 0.2) is 0 Å². The number of halogens is 1. The van der Waals surface area contributed by atoms with Gasteiger partial charge < -0.3 is 4.74 Å². The molecule has 0 aliphatic rings. The zero-order valence-electron chi connectivity index (χ0n) is 12.0. The van der Waals surface area contributed by atoms with Crippen molar-refractivity contribution in [3.8, 4) is 11.1 Å². The van der Waals surface area contributed by atoms with Gasteiger partial charge in [0.1, 0.15) is 0 Å². The second kappa shape index (κ2) is 6.16. The fourth-order valence-electron chi connectivity index (χ4n) is 2.40. The van der Waals surface area contributed by atoms with Gasteiger partial charge in [0.05, 0.1) is 22.7 Å². The summed E-state index contributed by atoms with van der Waals surface area (Å²) in [6.45, 7) is 2.07. The molecule has 0 aliphatic carbocycles. The number of nitrogens with zero attached hydrogens (tertiary/aromatic N) is 1. The molecule has 0 fully saturated rings. The lowest BCUT2D eigenvalue weighted by Gasteiger charge is -2.09. The van der Waals surface area contributed by atoms with Gasteiger partial charge in [-0.25, -0.2) is 4.79 Å². The number of esters is 1. The quantitative estimate of drug-likeness (QED) is 0.656. The summed E-state index contributed by atoms with van der Waals surface area (Å²) < 4.78 is 5.02. The van der Waals surface area contributed by atoms with E-state index in [2.05, 4.69) is 4.98 Å². The summed E-state index contributed by atoms with van der Waals surface area (Å²) in [6.07, 6.45) is 1.73. The minimum absolute atomic E-state index is 0.310. The molecular weight excluding hydrogens is 298 g/mol. The van der Waals surface area contributed by atoms with Crippen LogP contribution >= 0.6 is 11.6 Å². The maximum atomic E-state index is 11.9. The van der Waals surface area contributed by atoms with Crippen molar-refractivity contribution in [2.45, 2.75) is 6.92 Å². The Kier molecular flexibility index (Phi) is 4.07. The Bertz CT molecular complexity index is 831. The first kappa shape index (κ1) is 14.5. The zero-order chi connectivity index (χ0) is 15.5. The highest BCUT2D eigenvalue weighted by atomic mass is 35.5. The van der Waals surface area contributed by atoms with Gasteiger partial charge in [0.2, 0.25) is 0 Å². The van der Waals surface area contributed by atoms with E-state index in [1.165, 1.54) is 0 Å². The summed E-state index contributed by atoms with van der Waals surface area (Å²) in [7, 11) is 0. The summed E-state index contributed by atoms with van der Waals surface area (Å²) in [6, 6.07) is 15.4. The van der Waals surface area contributed by atoms with E-state index in [1.54, 1.807) is 25.3 Å². The first-order valence-electron chi connectivity index (χ1n) is 7.01. The minimum atomic E-state index is -0.429. The van der Waals surface area contributed by atoms with Crippen LogP contribution in [0.2, 0.25) is 5.02 Å². The standard InChI is InChI=1S/C18H14ClNO2/c1-2-22-18(21)15-11-17-14(10-16(15)19)13(8-9-20-17)12-6-4-3-5-7-12/h3-11H,2H2,1H3. The SMILES string of the molecule is CCOC(=O)c1cc2nccc(-c3ccccc3)c2cc1Cl. The number of carbonyl (C=O) groups is 1. The summed E-state index contributed by atoms with van der Waals surface area (Å²) >= 11 is 6.26. The number of hydrogen-bond acceptors (Lipinski definition) is 3. The molecule has 1 aromatic heterocycles. The average Bonchev–Trinajstić information content (AvgIpc) is 2.54. The van der Waals surface area contributed by atoms with Crippen LogP contribution < -0.4 is 0 Å². The first-order chi connectivity index (χ1) is 10.7. The van der Waals surface area contributed by atoms with Gasteiger partial charge in [-0.05, 0) is 36.2 Å². The molecule has 0 N–H and O–H groups in total. The van der Waals surface area contributed by atoms with Gasteiger partial charge in [-0.3, -0.25) is 4.98 Å². The lowest BCUT2D eigenvalue weighted by Crippen LogP contribution is -2.05. The molecule has 0 bridgehead atoms. The van der Waals surface area contributed by atoms with Gasteiger partial charge in [-0.15, -0.1) is 0 Å². The Morgan fingerprint density at radius 2 is 1.95 bits per heavy atom. The van der Waals surface area contributed by atoms with Gasteiger partial charge in [0, 0.05) is 11.6 Å². The van der Waals surface area contributed by atoms with Crippen LogP contribution in [0.25, 0.3) is 22.0 Å². The van der Waals surface area contributed by atoms with E-state index in [4.69, 9.17) is 16.3 Å². The molecule has 0 saturated heterocycles. The van der Waals surface area contributed by atoms with Crippen molar-refractivity contribution >= 4 is 28.5 Å². The van der Waals surface area contributed by atoms with Gasteiger partial charge in [-0.2, -0.15) is 0 Å². The summed E-state index contributed by atoms with van der Waals surface area (Å²) in [4.78, 5) is 16.3. The highest BCUT2D eigenvalue weighted by Gasteiger charge is 2.15. The van der Waals surface area contributed by atoms with E-state index < -0.39 is 5.97 Å². The second-order valence-electron chi connectivity index (χ2n) is 4.79. The molecule has 3 rings (SSSR count). The van der Waals surface area contributed by atoms with Crippen LogP contribution in [0.15, 0.2) is 54.7 Å². The molecule has 0 amide bonds. The molecule has 110 valence electrons. The van der Waals surface area contributed by atoms with Crippen LogP contribution in [-0.2, 0) is 4.74 Å². The fraction of sp³-hybridized carbons (Fsp3) is 0.111. The van der Waals surface area contributed by atoms with Crippen molar-refractivity contribution in [3.63, 3.8) is 0 Å². The molecule has 3 aromatic rings. The normalized spacial score (nSPS) is 10.6. The number of rotatable bonds is 3.